The first kappa shape index (κ1) is 22.9. The predicted octanol–water partition coefficient (Wildman–Crippen LogP) is 1.83. The predicted molar refractivity (Wildman–Crippen MR) is 117 cm³/mol. The van der Waals surface area contributed by atoms with Crippen LogP contribution >= 0.6 is 24.0 Å². The highest BCUT2D eigenvalue weighted by atomic mass is 127. The summed E-state index contributed by atoms with van der Waals surface area (Å²) < 4.78 is 10.7. The van der Waals surface area contributed by atoms with Crippen LogP contribution in [0.1, 0.15) is 12.1 Å². The van der Waals surface area contributed by atoms with Gasteiger partial charge in [-0.05, 0) is 18.6 Å². The molecule has 8 heteroatoms. The fraction of sp³-hybridized carbons (Fsp3) is 0.667. The third-order valence-electron chi connectivity index (χ3n) is 4.26. The van der Waals surface area contributed by atoms with Gasteiger partial charge < -0.3 is 24.6 Å². The largest absolute Gasteiger partial charge is 0.382 e. The van der Waals surface area contributed by atoms with Crippen molar-refractivity contribution in [2.45, 2.75) is 13.0 Å². The van der Waals surface area contributed by atoms with Gasteiger partial charge in [0.15, 0.2) is 5.96 Å². The zero-order valence-corrected chi connectivity index (χ0v) is 18.6. The molecule has 148 valence electrons. The van der Waals surface area contributed by atoms with Gasteiger partial charge in [-0.1, -0.05) is 6.07 Å². The van der Waals surface area contributed by atoms with Gasteiger partial charge in [0.2, 0.25) is 0 Å². The number of pyridine rings is 1. The quantitative estimate of drug-likeness (QED) is 0.267. The summed E-state index contributed by atoms with van der Waals surface area (Å²) >= 11 is 0. The second-order valence-electron chi connectivity index (χ2n) is 6.45. The molecule has 1 atom stereocenters. The van der Waals surface area contributed by atoms with Gasteiger partial charge in [-0.25, -0.2) is 4.98 Å². The number of guanidine groups is 1. The van der Waals surface area contributed by atoms with E-state index in [1.165, 1.54) is 0 Å². The van der Waals surface area contributed by atoms with Gasteiger partial charge in [0.25, 0.3) is 0 Å². The molecule has 0 spiro atoms. The molecule has 0 aromatic carbocycles. The van der Waals surface area contributed by atoms with Crippen LogP contribution in [0.3, 0.4) is 0 Å². The Bertz CT molecular complexity index is 556. The van der Waals surface area contributed by atoms with Gasteiger partial charge in [0.1, 0.15) is 5.82 Å². The summed E-state index contributed by atoms with van der Waals surface area (Å²) in [6.45, 7) is 4.73. The van der Waals surface area contributed by atoms with E-state index in [1.807, 2.05) is 44.2 Å². The van der Waals surface area contributed by atoms with Crippen LogP contribution in [0.25, 0.3) is 0 Å². The normalized spacial score (nSPS) is 17.2. The molecule has 0 aliphatic carbocycles. The van der Waals surface area contributed by atoms with Crippen molar-refractivity contribution in [3.8, 4) is 0 Å². The Kier molecular flexibility index (Phi) is 10.8. The molecular formula is C18H32IN5O2. The van der Waals surface area contributed by atoms with Gasteiger partial charge in [-0.2, -0.15) is 0 Å². The maximum atomic E-state index is 5.66. The lowest BCUT2D eigenvalue weighted by Crippen LogP contribution is -2.40. The van der Waals surface area contributed by atoms with Gasteiger partial charge >= 0.3 is 0 Å². The van der Waals surface area contributed by atoms with Crippen molar-refractivity contribution in [2.75, 3.05) is 66.1 Å². The maximum absolute atomic E-state index is 5.66. The van der Waals surface area contributed by atoms with Gasteiger partial charge in [-0.3, -0.25) is 4.99 Å². The molecule has 1 aromatic rings. The molecule has 1 aliphatic rings. The molecule has 1 fully saturated rings. The Morgan fingerprint density at radius 1 is 1.38 bits per heavy atom. The zero-order chi connectivity index (χ0) is 18.1. The Morgan fingerprint density at radius 2 is 2.19 bits per heavy atom. The number of ether oxygens (including phenoxy) is 2. The summed E-state index contributed by atoms with van der Waals surface area (Å²) in [4.78, 5) is 13.4. The van der Waals surface area contributed by atoms with Crippen molar-refractivity contribution in [3.63, 3.8) is 0 Å². The summed E-state index contributed by atoms with van der Waals surface area (Å²) in [5.41, 5.74) is 1.01. The Labute approximate surface area is 174 Å². The van der Waals surface area contributed by atoms with Crippen LogP contribution in [0.15, 0.2) is 23.2 Å². The standard InChI is InChI=1S/C18H31N5O2.HI/c1-19-18(20-12-16-6-5-7-17(21-16)22(2)3)23-9-8-15(13-23)14-25-11-10-24-4;/h5-7,15H,8-14H2,1-4H3,(H,19,20);1H. The lowest BCUT2D eigenvalue weighted by molar-refractivity contribution is 0.0536. The molecule has 1 aromatic heterocycles. The van der Waals surface area contributed by atoms with E-state index in [1.54, 1.807) is 7.11 Å². The second kappa shape index (κ2) is 12.3. The number of hydrogen-bond donors (Lipinski definition) is 1. The van der Waals surface area contributed by atoms with Crippen molar-refractivity contribution in [2.24, 2.45) is 10.9 Å². The van der Waals surface area contributed by atoms with Crippen LogP contribution in [-0.4, -0.2) is 77.0 Å². The molecular weight excluding hydrogens is 445 g/mol. The Morgan fingerprint density at radius 3 is 2.88 bits per heavy atom. The molecule has 2 heterocycles. The average Bonchev–Trinajstić information content (AvgIpc) is 3.08. The van der Waals surface area contributed by atoms with Crippen LogP contribution < -0.4 is 10.2 Å². The summed E-state index contributed by atoms with van der Waals surface area (Å²) in [5, 5.41) is 3.42. The summed E-state index contributed by atoms with van der Waals surface area (Å²) in [7, 11) is 7.52. The molecule has 0 amide bonds. The molecule has 0 saturated carbocycles. The van der Waals surface area contributed by atoms with E-state index in [0.29, 0.717) is 25.7 Å². The third-order valence-corrected chi connectivity index (χ3v) is 4.26. The SMILES string of the molecule is CN=C(NCc1cccc(N(C)C)n1)N1CCC(COCCOC)C1.I. The molecule has 0 bridgehead atoms. The van der Waals surface area contributed by atoms with E-state index in [4.69, 9.17) is 9.47 Å². The number of anilines is 1. The topological polar surface area (TPSA) is 62.2 Å². The van der Waals surface area contributed by atoms with Crippen molar-refractivity contribution in [1.29, 1.82) is 0 Å². The smallest absolute Gasteiger partial charge is 0.193 e. The van der Waals surface area contributed by atoms with Gasteiger partial charge in [0.05, 0.1) is 32.1 Å². The lowest BCUT2D eigenvalue weighted by Gasteiger charge is -2.22. The molecule has 0 radical (unpaired) electrons. The van der Waals surface area contributed by atoms with E-state index in [0.717, 1.165) is 43.6 Å². The van der Waals surface area contributed by atoms with Gasteiger partial charge in [-0.15, -0.1) is 24.0 Å². The highest BCUT2D eigenvalue weighted by Gasteiger charge is 2.24. The van der Waals surface area contributed by atoms with E-state index in [-0.39, 0.29) is 24.0 Å². The number of rotatable bonds is 8. The van der Waals surface area contributed by atoms with Crippen LogP contribution in [0.5, 0.6) is 0 Å². The molecule has 1 saturated heterocycles. The summed E-state index contributed by atoms with van der Waals surface area (Å²) in [6.07, 6.45) is 1.13. The van der Waals surface area contributed by atoms with Gasteiger partial charge in [0, 0.05) is 47.3 Å². The summed E-state index contributed by atoms with van der Waals surface area (Å²) in [5.74, 6) is 2.44. The Balaban J connectivity index is 0.00000338. The van der Waals surface area contributed by atoms with Crippen molar-refractivity contribution in [1.82, 2.24) is 15.2 Å². The number of methoxy groups -OCH3 is 1. The van der Waals surface area contributed by atoms with Crippen LogP contribution in [-0.2, 0) is 16.0 Å². The number of nitrogens with one attached hydrogen (secondary N) is 1. The highest BCUT2D eigenvalue weighted by Crippen LogP contribution is 2.17. The van der Waals surface area contributed by atoms with E-state index >= 15 is 0 Å². The minimum absolute atomic E-state index is 0. The first-order valence-corrected chi connectivity index (χ1v) is 8.79. The van der Waals surface area contributed by atoms with Crippen molar-refractivity contribution in [3.05, 3.63) is 23.9 Å². The zero-order valence-electron chi connectivity index (χ0n) is 16.3. The number of aromatic nitrogens is 1. The number of hydrogen-bond acceptors (Lipinski definition) is 5. The lowest BCUT2D eigenvalue weighted by atomic mass is 10.1. The van der Waals surface area contributed by atoms with Crippen molar-refractivity contribution >= 4 is 35.8 Å². The van der Waals surface area contributed by atoms with Crippen LogP contribution in [0.4, 0.5) is 5.82 Å². The first-order chi connectivity index (χ1) is 12.1. The Hall–Kier alpha value is -1.13. The second-order valence-corrected chi connectivity index (χ2v) is 6.45. The summed E-state index contributed by atoms with van der Waals surface area (Å²) in [6, 6.07) is 6.07. The minimum atomic E-state index is 0. The average molecular weight is 477 g/mol. The minimum Gasteiger partial charge on any atom is -0.382 e. The monoisotopic (exact) mass is 477 g/mol. The first-order valence-electron chi connectivity index (χ1n) is 8.79. The number of aliphatic imine (C=N–C) groups is 1. The number of likely N-dealkylation sites (tertiary alicyclic amines) is 1. The van der Waals surface area contributed by atoms with E-state index in [2.05, 4.69) is 20.2 Å². The molecule has 2 rings (SSSR count). The maximum Gasteiger partial charge on any atom is 0.193 e. The highest BCUT2D eigenvalue weighted by molar-refractivity contribution is 14.0. The fourth-order valence-corrected chi connectivity index (χ4v) is 2.87. The van der Waals surface area contributed by atoms with E-state index < -0.39 is 0 Å². The van der Waals surface area contributed by atoms with Crippen LogP contribution in [0.2, 0.25) is 0 Å². The van der Waals surface area contributed by atoms with Crippen molar-refractivity contribution < 1.29 is 9.47 Å². The van der Waals surface area contributed by atoms with E-state index in [9.17, 15) is 0 Å². The third kappa shape index (κ3) is 7.24. The van der Waals surface area contributed by atoms with Crippen LogP contribution in [0, 0.1) is 5.92 Å². The number of nitrogens with zero attached hydrogens (tertiary/aromatic N) is 4. The molecule has 7 nitrogen and oxygen atoms in total. The molecule has 1 aliphatic heterocycles. The molecule has 26 heavy (non-hydrogen) atoms. The fourth-order valence-electron chi connectivity index (χ4n) is 2.87. The molecule has 1 unspecified atom stereocenters. The number of halogens is 1. The molecule has 1 N–H and O–H groups in total.